The minimum absolute atomic E-state index is 0.125. The van der Waals surface area contributed by atoms with Crippen LogP contribution in [0, 0.1) is 17.7 Å². The lowest BCUT2D eigenvalue weighted by molar-refractivity contribution is 0.361. The topological polar surface area (TPSA) is 12.0 Å². The van der Waals surface area contributed by atoms with Gasteiger partial charge in [-0.2, -0.15) is 0 Å². The van der Waals surface area contributed by atoms with Gasteiger partial charge in [0, 0.05) is 6.04 Å². The van der Waals surface area contributed by atoms with E-state index >= 15 is 0 Å². The second-order valence-electron chi connectivity index (χ2n) is 5.58. The Labute approximate surface area is 110 Å². The summed E-state index contributed by atoms with van der Waals surface area (Å²) in [4.78, 5) is 0. The van der Waals surface area contributed by atoms with Crippen LogP contribution in [0.3, 0.4) is 0 Å². The smallest absolute Gasteiger partial charge is 0.123 e. The normalized spacial score (nSPS) is 25.3. The molecule has 1 aliphatic rings. The largest absolute Gasteiger partial charge is 0.316 e. The van der Waals surface area contributed by atoms with E-state index in [1.54, 1.807) is 12.1 Å². The summed E-state index contributed by atoms with van der Waals surface area (Å²) in [6.45, 7) is 2.29. The molecule has 2 heteroatoms. The number of rotatable bonds is 5. The molecule has 1 aromatic carbocycles. The van der Waals surface area contributed by atoms with Gasteiger partial charge in [-0.3, -0.25) is 0 Å². The molecule has 0 spiro atoms. The van der Waals surface area contributed by atoms with Crippen LogP contribution in [0.25, 0.3) is 0 Å². The van der Waals surface area contributed by atoms with E-state index in [9.17, 15) is 4.39 Å². The maximum atomic E-state index is 13.2. The number of nitrogens with one attached hydrogen (secondary N) is 1. The second kappa shape index (κ2) is 6.33. The zero-order chi connectivity index (χ0) is 13.0. The van der Waals surface area contributed by atoms with E-state index in [2.05, 4.69) is 12.2 Å². The van der Waals surface area contributed by atoms with Crippen LogP contribution in [0.4, 0.5) is 4.39 Å². The average molecular weight is 249 g/mol. The molecule has 1 N–H and O–H groups in total. The Balaban J connectivity index is 1.97. The first-order chi connectivity index (χ1) is 8.72. The SMILES string of the molecule is CCC1CCC(C(Cc2cccc(F)c2)NC)C1. The molecule has 0 heterocycles. The van der Waals surface area contributed by atoms with Gasteiger partial charge in [0.05, 0.1) is 0 Å². The van der Waals surface area contributed by atoms with Gasteiger partial charge in [-0.15, -0.1) is 0 Å². The molecule has 18 heavy (non-hydrogen) atoms. The Kier molecular flexibility index (Phi) is 4.76. The predicted octanol–water partition coefficient (Wildman–Crippen LogP) is 3.78. The van der Waals surface area contributed by atoms with Crippen LogP contribution in [-0.4, -0.2) is 13.1 Å². The molecule has 0 radical (unpaired) electrons. The average Bonchev–Trinajstić information content (AvgIpc) is 2.84. The third-order valence-corrected chi connectivity index (χ3v) is 4.44. The quantitative estimate of drug-likeness (QED) is 0.837. The standard InChI is InChI=1S/C16H24FN/c1-3-12-7-8-14(9-12)16(18-2)11-13-5-4-6-15(17)10-13/h4-6,10,12,14,16,18H,3,7-9,11H2,1-2H3. The molecule has 100 valence electrons. The predicted molar refractivity (Wildman–Crippen MR) is 74.1 cm³/mol. The van der Waals surface area contributed by atoms with Crippen molar-refractivity contribution in [2.75, 3.05) is 7.05 Å². The Morgan fingerprint density at radius 2 is 2.22 bits per heavy atom. The summed E-state index contributed by atoms with van der Waals surface area (Å²) in [7, 11) is 2.03. The van der Waals surface area contributed by atoms with E-state index in [1.807, 2.05) is 13.1 Å². The zero-order valence-corrected chi connectivity index (χ0v) is 11.5. The molecule has 0 aliphatic heterocycles. The van der Waals surface area contributed by atoms with Crippen molar-refractivity contribution < 1.29 is 4.39 Å². The van der Waals surface area contributed by atoms with E-state index in [4.69, 9.17) is 0 Å². The summed E-state index contributed by atoms with van der Waals surface area (Å²) in [6.07, 6.45) is 6.25. The molecular formula is C16H24FN. The molecule has 2 rings (SSSR count). The van der Waals surface area contributed by atoms with Crippen molar-refractivity contribution in [1.29, 1.82) is 0 Å². The highest BCUT2D eigenvalue weighted by atomic mass is 19.1. The molecule has 1 saturated carbocycles. The summed E-state index contributed by atoms with van der Waals surface area (Å²) < 4.78 is 13.2. The number of hydrogen-bond donors (Lipinski definition) is 1. The highest BCUT2D eigenvalue weighted by molar-refractivity contribution is 5.17. The summed E-state index contributed by atoms with van der Waals surface area (Å²) in [5.74, 6) is 1.53. The van der Waals surface area contributed by atoms with Gasteiger partial charge in [0.15, 0.2) is 0 Å². The number of halogens is 1. The van der Waals surface area contributed by atoms with E-state index in [0.29, 0.717) is 6.04 Å². The first-order valence-electron chi connectivity index (χ1n) is 7.14. The third-order valence-electron chi connectivity index (χ3n) is 4.44. The van der Waals surface area contributed by atoms with Crippen molar-refractivity contribution >= 4 is 0 Å². The van der Waals surface area contributed by atoms with E-state index in [1.165, 1.54) is 31.7 Å². The van der Waals surface area contributed by atoms with E-state index in [-0.39, 0.29) is 5.82 Å². The Hall–Kier alpha value is -0.890. The maximum Gasteiger partial charge on any atom is 0.123 e. The van der Waals surface area contributed by atoms with Crippen LogP contribution in [0.5, 0.6) is 0 Å². The minimum Gasteiger partial charge on any atom is -0.316 e. The molecule has 1 nitrogen and oxygen atoms in total. The van der Waals surface area contributed by atoms with Crippen molar-refractivity contribution in [2.45, 2.75) is 45.1 Å². The van der Waals surface area contributed by atoms with Crippen molar-refractivity contribution in [3.63, 3.8) is 0 Å². The summed E-state index contributed by atoms with van der Waals surface area (Å²) in [5.41, 5.74) is 1.11. The molecule has 1 aromatic rings. The van der Waals surface area contributed by atoms with Gasteiger partial charge < -0.3 is 5.32 Å². The lowest BCUT2D eigenvalue weighted by atomic mass is 9.91. The first kappa shape index (κ1) is 13.5. The van der Waals surface area contributed by atoms with Crippen LogP contribution in [0.1, 0.15) is 38.2 Å². The molecule has 1 fully saturated rings. The molecule has 0 aromatic heterocycles. The van der Waals surface area contributed by atoms with Gasteiger partial charge in [0.1, 0.15) is 5.82 Å². The van der Waals surface area contributed by atoms with Gasteiger partial charge in [-0.05, 0) is 55.8 Å². The molecule has 0 amide bonds. The third kappa shape index (κ3) is 3.32. The number of benzene rings is 1. The molecular weight excluding hydrogens is 225 g/mol. The van der Waals surface area contributed by atoms with E-state index in [0.717, 1.165) is 23.8 Å². The summed E-state index contributed by atoms with van der Waals surface area (Å²) in [5, 5.41) is 3.43. The number of likely N-dealkylation sites (N-methyl/N-ethyl adjacent to an activating group) is 1. The van der Waals surface area contributed by atoms with Crippen molar-refractivity contribution in [2.24, 2.45) is 11.8 Å². The van der Waals surface area contributed by atoms with Crippen LogP contribution in [0.15, 0.2) is 24.3 Å². The number of hydrogen-bond acceptors (Lipinski definition) is 1. The Morgan fingerprint density at radius 1 is 1.39 bits per heavy atom. The highest BCUT2D eigenvalue weighted by Crippen LogP contribution is 2.35. The van der Waals surface area contributed by atoms with Crippen LogP contribution in [-0.2, 0) is 6.42 Å². The van der Waals surface area contributed by atoms with Gasteiger partial charge in [-0.25, -0.2) is 4.39 Å². The van der Waals surface area contributed by atoms with Crippen molar-refractivity contribution in [3.05, 3.63) is 35.6 Å². The Morgan fingerprint density at radius 3 is 2.83 bits per heavy atom. The molecule has 0 bridgehead atoms. The molecule has 1 aliphatic carbocycles. The second-order valence-corrected chi connectivity index (χ2v) is 5.58. The van der Waals surface area contributed by atoms with Gasteiger partial charge in [-0.1, -0.05) is 31.9 Å². The molecule has 0 saturated heterocycles. The van der Waals surface area contributed by atoms with Crippen molar-refractivity contribution in [1.82, 2.24) is 5.32 Å². The summed E-state index contributed by atoms with van der Waals surface area (Å²) >= 11 is 0. The van der Waals surface area contributed by atoms with E-state index < -0.39 is 0 Å². The van der Waals surface area contributed by atoms with Crippen LogP contribution < -0.4 is 5.32 Å². The fraction of sp³-hybridized carbons (Fsp3) is 0.625. The first-order valence-corrected chi connectivity index (χ1v) is 7.14. The van der Waals surface area contributed by atoms with Gasteiger partial charge in [0.25, 0.3) is 0 Å². The fourth-order valence-electron chi connectivity index (χ4n) is 3.27. The lowest BCUT2D eigenvalue weighted by Crippen LogP contribution is -2.34. The van der Waals surface area contributed by atoms with Crippen LogP contribution >= 0.6 is 0 Å². The van der Waals surface area contributed by atoms with Crippen LogP contribution in [0.2, 0.25) is 0 Å². The molecule has 3 unspecified atom stereocenters. The van der Waals surface area contributed by atoms with Gasteiger partial charge >= 0.3 is 0 Å². The molecule has 3 atom stereocenters. The maximum absolute atomic E-state index is 13.2. The van der Waals surface area contributed by atoms with Crippen molar-refractivity contribution in [3.8, 4) is 0 Å². The Bertz CT molecular complexity index is 377. The summed E-state index contributed by atoms with van der Waals surface area (Å²) in [6, 6.07) is 7.50. The minimum atomic E-state index is -0.125. The lowest BCUT2D eigenvalue weighted by Gasteiger charge is -2.23. The van der Waals surface area contributed by atoms with Gasteiger partial charge in [0.2, 0.25) is 0 Å². The fourth-order valence-corrected chi connectivity index (χ4v) is 3.27. The highest BCUT2D eigenvalue weighted by Gasteiger charge is 2.29. The monoisotopic (exact) mass is 249 g/mol. The zero-order valence-electron chi connectivity index (χ0n) is 11.5.